The summed E-state index contributed by atoms with van der Waals surface area (Å²) in [6.45, 7) is 13.4. The third kappa shape index (κ3) is 6.65. The zero-order chi connectivity index (χ0) is 27.9. The number of carbonyl (C=O) groups is 1. The molecule has 5 nitrogen and oxygen atoms in total. The van der Waals surface area contributed by atoms with E-state index in [9.17, 15) is 4.79 Å². The third-order valence-corrected chi connectivity index (χ3v) is 8.18. The molecule has 1 aliphatic heterocycles. The van der Waals surface area contributed by atoms with Gasteiger partial charge in [-0.25, -0.2) is 0 Å². The maximum atomic E-state index is 13.5. The fourth-order valence-corrected chi connectivity index (χ4v) is 5.81. The third-order valence-electron chi connectivity index (χ3n) is 8.18. The zero-order valence-electron chi connectivity index (χ0n) is 24.6. The van der Waals surface area contributed by atoms with Gasteiger partial charge in [-0.15, -0.1) is 0 Å². The Labute approximate surface area is 235 Å². The Bertz CT molecular complexity index is 1230. The summed E-state index contributed by atoms with van der Waals surface area (Å²) in [7, 11) is 2.12. The van der Waals surface area contributed by atoms with Crippen LogP contribution in [0.2, 0.25) is 0 Å². The summed E-state index contributed by atoms with van der Waals surface area (Å²) < 4.78 is 5.79. The van der Waals surface area contributed by atoms with Gasteiger partial charge >= 0.3 is 0 Å². The molecule has 1 fully saturated rings. The van der Waals surface area contributed by atoms with Crippen molar-refractivity contribution in [1.29, 1.82) is 0 Å². The molecule has 3 aromatic carbocycles. The van der Waals surface area contributed by atoms with E-state index in [2.05, 4.69) is 111 Å². The Balaban J connectivity index is 1.59. The molecule has 1 saturated heterocycles. The minimum absolute atomic E-state index is 0.0569. The van der Waals surface area contributed by atoms with Gasteiger partial charge in [0.2, 0.25) is 5.91 Å². The van der Waals surface area contributed by atoms with Gasteiger partial charge in [0.1, 0.15) is 5.75 Å². The minimum atomic E-state index is 0.0569. The van der Waals surface area contributed by atoms with E-state index in [0.29, 0.717) is 19.1 Å². The molecule has 4 rings (SSSR count). The van der Waals surface area contributed by atoms with Gasteiger partial charge in [0.25, 0.3) is 0 Å². The van der Waals surface area contributed by atoms with E-state index in [0.717, 1.165) is 49.4 Å². The van der Waals surface area contributed by atoms with Crippen LogP contribution in [-0.2, 0) is 17.6 Å². The lowest BCUT2D eigenvalue weighted by Gasteiger charge is -2.25. The van der Waals surface area contributed by atoms with Crippen molar-refractivity contribution in [2.75, 3.05) is 43.5 Å². The van der Waals surface area contributed by atoms with E-state index in [-0.39, 0.29) is 11.9 Å². The number of carbonyl (C=O) groups excluding carboxylic acids is 1. The summed E-state index contributed by atoms with van der Waals surface area (Å²) >= 11 is 0. The van der Waals surface area contributed by atoms with Gasteiger partial charge in [-0.2, -0.15) is 0 Å². The molecule has 1 N–H and O–H groups in total. The van der Waals surface area contributed by atoms with Gasteiger partial charge in [0.05, 0.1) is 13.2 Å². The Morgan fingerprint density at radius 1 is 0.974 bits per heavy atom. The highest BCUT2D eigenvalue weighted by molar-refractivity contribution is 5.94. The molecular formula is C34H45N3O2. The number of ether oxygens (including phenoxy) is 1. The second kappa shape index (κ2) is 13.2. The van der Waals surface area contributed by atoms with Gasteiger partial charge in [-0.1, -0.05) is 56.3 Å². The fraction of sp³-hybridized carbons (Fsp3) is 0.441. The molecule has 5 heteroatoms. The van der Waals surface area contributed by atoms with Crippen molar-refractivity contribution in [2.45, 2.75) is 65.8 Å². The molecule has 39 heavy (non-hydrogen) atoms. The topological polar surface area (TPSA) is 44.8 Å². The fourth-order valence-electron chi connectivity index (χ4n) is 5.81. The molecule has 0 bridgehead atoms. The molecule has 0 aliphatic carbocycles. The summed E-state index contributed by atoms with van der Waals surface area (Å²) in [6.07, 6.45) is 2.77. The van der Waals surface area contributed by atoms with Crippen LogP contribution in [-0.4, -0.2) is 44.1 Å². The van der Waals surface area contributed by atoms with Crippen LogP contribution in [0.3, 0.4) is 0 Å². The quantitative estimate of drug-likeness (QED) is 0.288. The lowest BCUT2D eigenvalue weighted by Crippen LogP contribution is -2.33. The number of nitrogens with one attached hydrogen (secondary N) is 1. The molecule has 1 heterocycles. The van der Waals surface area contributed by atoms with Crippen LogP contribution >= 0.6 is 0 Å². The van der Waals surface area contributed by atoms with Crippen molar-refractivity contribution in [3.63, 3.8) is 0 Å². The second-order valence-corrected chi connectivity index (χ2v) is 10.6. The summed E-state index contributed by atoms with van der Waals surface area (Å²) in [6, 6.07) is 22.0. The van der Waals surface area contributed by atoms with Crippen molar-refractivity contribution in [3.8, 4) is 5.75 Å². The summed E-state index contributed by atoms with van der Waals surface area (Å²) in [5.74, 6) is 1.36. The molecule has 3 aromatic rings. The van der Waals surface area contributed by atoms with Gasteiger partial charge in [0.15, 0.2) is 0 Å². The van der Waals surface area contributed by atoms with Gasteiger partial charge in [-0.05, 0) is 92.0 Å². The van der Waals surface area contributed by atoms with E-state index < -0.39 is 0 Å². The molecule has 0 radical (unpaired) electrons. The van der Waals surface area contributed by atoms with Crippen molar-refractivity contribution in [1.82, 2.24) is 4.90 Å². The first-order valence-corrected chi connectivity index (χ1v) is 14.6. The van der Waals surface area contributed by atoms with Gasteiger partial charge < -0.3 is 15.0 Å². The number of benzene rings is 3. The summed E-state index contributed by atoms with van der Waals surface area (Å²) in [5.41, 5.74) is 8.34. The second-order valence-electron chi connectivity index (χ2n) is 10.6. The molecule has 208 valence electrons. The summed E-state index contributed by atoms with van der Waals surface area (Å²) in [4.78, 5) is 18.1. The Morgan fingerprint density at radius 2 is 1.64 bits per heavy atom. The molecule has 1 aliphatic rings. The average molecular weight is 528 g/mol. The maximum Gasteiger partial charge on any atom is 0.238 e. The molecule has 2 unspecified atom stereocenters. The van der Waals surface area contributed by atoms with Crippen molar-refractivity contribution >= 4 is 17.3 Å². The molecule has 0 saturated carbocycles. The van der Waals surface area contributed by atoms with E-state index in [1.165, 1.54) is 27.9 Å². The van der Waals surface area contributed by atoms with E-state index in [4.69, 9.17) is 4.74 Å². The molecular weight excluding hydrogens is 482 g/mol. The first kappa shape index (κ1) is 28.7. The molecule has 2 atom stereocenters. The van der Waals surface area contributed by atoms with E-state index >= 15 is 0 Å². The van der Waals surface area contributed by atoms with Crippen LogP contribution in [0.15, 0.2) is 60.7 Å². The number of hydrogen-bond donors (Lipinski definition) is 1. The lowest BCUT2D eigenvalue weighted by atomic mass is 9.92. The molecule has 1 amide bonds. The highest BCUT2D eigenvalue weighted by atomic mass is 16.5. The van der Waals surface area contributed by atoms with Crippen LogP contribution < -0.4 is 15.0 Å². The van der Waals surface area contributed by atoms with Crippen molar-refractivity contribution in [3.05, 3.63) is 88.5 Å². The highest BCUT2D eigenvalue weighted by Gasteiger charge is 2.35. The van der Waals surface area contributed by atoms with Crippen LogP contribution in [0, 0.1) is 6.92 Å². The van der Waals surface area contributed by atoms with Crippen LogP contribution in [0.4, 0.5) is 11.4 Å². The number of amides is 1. The summed E-state index contributed by atoms with van der Waals surface area (Å²) in [5, 5.41) is 3.29. The maximum absolute atomic E-state index is 13.5. The normalized spacial score (nSPS) is 17.3. The van der Waals surface area contributed by atoms with Crippen LogP contribution in [0.5, 0.6) is 5.75 Å². The highest BCUT2D eigenvalue weighted by Crippen LogP contribution is 2.41. The van der Waals surface area contributed by atoms with Crippen molar-refractivity contribution < 1.29 is 9.53 Å². The standard InChI is InChI=1S/C34H45N3O2/c1-7-25-12-11-13-26(8-2)34(25)35-33(38)23-37-22-29(28-16-19-32(39-10-4)24(5)20-28)21-31(37)27-14-17-30(18-15-27)36(6)9-3/h11-20,29,31H,7-10,21-23H2,1-6H3,(H,35,38). The first-order valence-electron chi connectivity index (χ1n) is 14.6. The number of hydrogen-bond acceptors (Lipinski definition) is 4. The average Bonchev–Trinajstić information content (AvgIpc) is 3.37. The smallest absolute Gasteiger partial charge is 0.238 e. The molecule has 0 spiro atoms. The zero-order valence-corrected chi connectivity index (χ0v) is 24.6. The number of para-hydroxylation sites is 1. The number of nitrogens with zero attached hydrogens (tertiary/aromatic N) is 2. The Hall–Kier alpha value is -3.31. The largest absolute Gasteiger partial charge is 0.494 e. The van der Waals surface area contributed by atoms with Gasteiger partial charge in [-0.3, -0.25) is 9.69 Å². The Morgan fingerprint density at radius 3 is 2.23 bits per heavy atom. The predicted octanol–water partition coefficient (Wildman–Crippen LogP) is 7.14. The Kier molecular flexibility index (Phi) is 9.68. The van der Waals surface area contributed by atoms with Crippen LogP contribution in [0.25, 0.3) is 0 Å². The number of likely N-dealkylation sites (tertiary alicyclic amines) is 1. The lowest BCUT2D eigenvalue weighted by molar-refractivity contribution is -0.117. The minimum Gasteiger partial charge on any atom is -0.494 e. The predicted molar refractivity (Wildman–Crippen MR) is 163 cm³/mol. The first-order chi connectivity index (χ1) is 18.9. The SMILES string of the molecule is CCOc1ccc(C2CC(c3ccc(N(C)CC)cc3)N(CC(=O)Nc3c(CC)cccc3CC)C2)cc1C. The van der Waals surface area contributed by atoms with Crippen LogP contribution in [0.1, 0.15) is 73.9 Å². The van der Waals surface area contributed by atoms with E-state index in [1.54, 1.807) is 0 Å². The van der Waals surface area contributed by atoms with Gasteiger partial charge in [0, 0.05) is 37.6 Å². The van der Waals surface area contributed by atoms with E-state index in [1.807, 2.05) is 6.92 Å². The molecule has 0 aromatic heterocycles. The number of anilines is 2. The number of aryl methyl sites for hydroxylation is 3. The number of rotatable bonds is 11. The van der Waals surface area contributed by atoms with Crippen molar-refractivity contribution in [2.24, 2.45) is 0 Å². The monoisotopic (exact) mass is 527 g/mol.